The summed E-state index contributed by atoms with van der Waals surface area (Å²) in [4.78, 5) is 11.0. The number of aromatic carboxylic acids is 1. The van der Waals surface area contributed by atoms with Crippen LogP contribution in [0.2, 0.25) is 0 Å². The van der Waals surface area contributed by atoms with Crippen LogP contribution in [0.5, 0.6) is 0 Å². The normalized spacial score (nSPS) is 10.6. The van der Waals surface area contributed by atoms with E-state index in [1.165, 1.54) is 12.1 Å². The largest absolute Gasteiger partial charge is 0.476 e. The van der Waals surface area contributed by atoms with Gasteiger partial charge in [0, 0.05) is 12.1 Å². The van der Waals surface area contributed by atoms with E-state index in [9.17, 15) is 9.18 Å². The number of aryl methyl sites for hydroxylation is 1. The Morgan fingerprint density at radius 1 is 1.44 bits per heavy atom. The van der Waals surface area contributed by atoms with Crippen molar-refractivity contribution in [3.8, 4) is 11.3 Å². The van der Waals surface area contributed by atoms with Crippen molar-refractivity contribution in [1.82, 2.24) is 9.78 Å². The number of rotatable bonds is 3. The zero-order valence-electron chi connectivity index (χ0n) is 9.52. The second kappa shape index (κ2) is 4.89. The SMILES string of the molecule is CCn1nc(C(=O)O)c(Br)c1-c1ccc(F)cc1. The van der Waals surface area contributed by atoms with E-state index >= 15 is 0 Å². The Labute approximate surface area is 111 Å². The summed E-state index contributed by atoms with van der Waals surface area (Å²) in [5.74, 6) is -1.44. The number of benzene rings is 1. The minimum Gasteiger partial charge on any atom is -0.476 e. The first-order valence-electron chi connectivity index (χ1n) is 5.30. The van der Waals surface area contributed by atoms with Crippen molar-refractivity contribution in [2.45, 2.75) is 13.5 Å². The van der Waals surface area contributed by atoms with Crippen LogP contribution >= 0.6 is 15.9 Å². The molecule has 4 nitrogen and oxygen atoms in total. The minimum atomic E-state index is -1.10. The van der Waals surface area contributed by atoms with Gasteiger partial charge in [-0.05, 0) is 47.1 Å². The Balaban J connectivity index is 2.62. The number of aromatic nitrogens is 2. The number of hydrogen-bond donors (Lipinski definition) is 1. The minimum absolute atomic E-state index is 0.0452. The molecule has 1 aromatic heterocycles. The van der Waals surface area contributed by atoms with Crippen molar-refractivity contribution in [3.63, 3.8) is 0 Å². The van der Waals surface area contributed by atoms with E-state index in [4.69, 9.17) is 5.11 Å². The third-order valence-corrected chi connectivity index (χ3v) is 3.27. The van der Waals surface area contributed by atoms with Gasteiger partial charge in [0.25, 0.3) is 0 Å². The topological polar surface area (TPSA) is 55.1 Å². The lowest BCUT2D eigenvalue weighted by molar-refractivity contribution is 0.0688. The number of carboxylic acids is 1. The Bertz CT molecular complexity index is 593. The van der Waals surface area contributed by atoms with Crippen LogP contribution in [-0.2, 0) is 6.54 Å². The van der Waals surface area contributed by atoms with Crippen LogP contribution in [0.25, 0.3) is 11.3 Å². The van der Waals surface area contributed by atoms with Gasteiger partial charge in [0.2, 0.25) is 0 Å². The molecule has 1 N–H and O–H groups in total. The first-order valence-corrected chi connectivity index (χ1v) is 6.09. The highest BCUT2D eigenvalue weighted by Crippen LogP contribution is 2.31. The smallest absolute Gasteiger partial charge is 0.357 e. The molecule has 0 radical (unpaired) electrons. The molecule has 0 bridgehead atoms. The van der Waals surface area contributed by atoms with Crippen molar-refractivity contribution in [3.05, 3.63) is 40.2 Å². The highest BCUT2D eigenvalue weighted by atomic mass is 79.9. The van der Waals surface area contributed by atoms with Crippen LogP contribution in [0.1, 0.15) is 17.4 Å². The maximum absolute atomic E-state index is 12.9. The molecule has 0 aliphatic carbocycles. The summed E-state index contributed by atoms with van der Waals surface area (Å²) in [5, 5.41) is 13.0. The monoisotopic (exact) mass is 312 g/mol. The molecule has 0 unspecified atom stereocenters. The van der Waals surface area contributed by atoms with Gasteiger partial charge >= 0.3 is 5.97 Å². The van der Waals surface area contributed by atoms with E-state index < -0.39 is 5.97 Å². The van der Waals surface area contributed by atoms with Crippen LogP contribution in [0.4, 0.5) is 4.39 Å². The quantitative estimate of drug-likeness (QED) is 0.947. The van der Waals surface area contributed by atoms with E-state index in [0.717, 1.165) is 0 Å². The molecule has 2 aromatic rings. The second-order valence-electron chi connectivity index (χ2n) is 3.64. The third kappa shape index (κ3) is 2.15. The molecule has 0 atom stereocenters. The van der Waals surface area contributed by atoms with Crippen molar-refractivity contribution in [2.24, 2.45) is 0 Å². The van der Waals surface area contributed by atoms with Crippen molar-refractivity contribution >= 4 is 21.9 Å². The van der Waals surface area contributed by atoms with Crippen LogP contribution in [0.15, 0.2) is 28.7 Å². The fourth-order valence-electron chi connectivity index (χ4n) is 1.69. The van der Waals surface area contributed by atoms with Gasteiger partial charge in [0.15, 0.2) is 5.69 Å². The number of halogens is 2. The summed E-state index contributed by atoms with van der Waals surface area (Å²) in [7, 11) is 0. The molecule has 6 heteroatoms. The van der Waals surface area contributed by atoms with Crippen LogP contribution in [0.3, 0.4) is 0 Å². The molecule has 94 valence electrons. The first-order chi connectivity index (χ1) is 8.54. The van der Waals surface area contributed by atoms with Gasteiger partial charge in [-0.2, -0.15) is 5.10 Å². The fourth-order valence-corrected chi connectivity index (χ4v) is 2.37. The van der Waals surface area contributed by atoms with Crippen LogP contribution in [-0.4, -0.2) is 20.9 Å². The molecule has 18 heavy (non-hydrogen) atoms. The number of carbonyl (C=O) groups is 1. The lowest BCUT2D eigenvalue weighted by Crippen LogP contribution is -2.02. The van der Waals surface area contributed by atoms with Crippen LogP contribution in [0, 0.1) is 5.82 Å². The standard InChI is InChI=1S/C12H10BrFN2O2/c1-2-16-11(7-3-5-8(14)6-4-7)9(13)10(15-16)12(17)18/h3-6H,2H2,1H3,(H,17,18). The maximum atomic E-state index is 12.9. The lowest BCUT2D eigenvalue weighted by atomic mass is 10.1. The number of nitrogens with zero attached hydrogens (tertiary/aromatic N) is 2. The van der Waals surface area contributed by atoms with Gasteiger partial charge in [-0.15, -0.1) is 0 Å². The average Bonchev–Trinajstić information content (AvgIpc) is 2.67. The van der Waals surface area contributed by atoms with Crippen molar-refractivity contribution < 1.29 is 14.3 Å². The van der Waals surface area contributed by atoms with E-state index in [-0.39, 0.29) is 11.5 Å². The van der Waals surface area contributed by atoms with Gasteiger partial charge < -0.3 is 5.11 Å². The van der Waals surface area contributed by atoms with E-state index in [1.54, 1.807) is 16.8 Å². The number of hydrogen-bond acceptors (Lipinski definition) is 2. The Morgan fingerprint density at radius 2 is 2.06 bits per heavy atom. The maximum Gasteiger partial charge on any atom is 0.357 e. The van der Waals surface area contributed by atoms with Gasteiger partial charge in [-0.1, -0.05) is 0 Å². The highest BCUT2D eigenvalue weighted by molar-refractivity contribution is 9.10. The first kappa shape index (κ1) is 12.8. The summed E-state index contributed by atoms with van der Waals surface area (Å²) >= 11 is 3.24. The molecule has 0 saturated heterocycles. The van der Waals surface area contributed by atoms with Gasteiger partial charge in [0.1, 0.15) is 5.82 Å². The molecular weight excluding hydrogens is 303 g/mol. The zero-order chi connectivity index (χ0) is 13.3. The lowest BCUT2D eigenvalue weighted by Gasteiger charge is -2.05. The third-order valence-electron chi connectivity index (χ3n) is 2.51. The average molecular weight is 313 g/mol. The van der Waals surface area contributed by atoms with E-state index in [1.807, 2.05) is 6.92 Å². The zero-order valence-corrected chi connectivity index (χ0v) is 11.1. The predicted molar refractivity (Wildman–Crippen MR) is 68.0 cm³/mol. The summed E-state index contributed by atoms with van der Waals surface area (Å²) in [6, 6.07) is 5.84. The van der Waals surface area contributed by atoms with Gasteiger partial charge in [0.05, 0.1) is 10.2 Å². The van der Waals surface area contributed by atoms with Crippen LogP contribution < -0.4 is 0 Å². The highest BCUT2D eigenvalue weighted by Gasteiger charge is 2.21. The van der Waals surface area contributed by atoms with Gasteiger partial charge in [-0.3, -0.25) is 4.68 Å². The molecule has 2 rings (SSSR count). The predicted octanol–water partition coefficient (Wildman–Crippen LogP) is 3.17. The Hall–Kier alpha value is -1.69. The molecule has 1 aromatic carbocycles. The Morgan fingerprint density at radius 3 is 2.56 bits per heavy atom. The fraction of sp³-hybridized carbons (Fsp3) is 0.167. The molecule has 0 amide bonds. The van der Waals surface area contributed by atoms with E-state index in [0.29, 0.717) is 22.3 Å². The molecule has 0 aliphatic heterocycles. The number of carboxylic acid groups (broad SMARTS) is 1. The van der Waals surface area contributed by atoms with Gasteiger partial charge in [-0.25, -0.2) is 9.18 Å². The van der Waals surface area contributed by atoms with Crippen molar-refractivity contribution in [2.75, 3.05) is 0 Å². The van der Waals surface area contributed by atoms with E-state index in [2.05, 4.69) is 21.0 Å². The van der Waals surface area contributed by atoms with Crippen molar-refractivity contribution in [1.29, 1.82) is 0 Å². The molecule has 0 aliphatic rings. The molecule has 0 fully saturated rings. The molecule has 0 spiro atoms. The summed E-state index contributed by atoms with van der Waals surface area (Å²) in [6.45, 7) is 2.39. The summed E-state index contributed by atoms with van der Waals surface area (Å²) < 4.78 is 14.9. The molecule has 0 saturated carbocycles. The Kier molecular flexibility index (Phi) is 3.47. The summed E-state index contributed by atoms with van der Waals surface area (Å²) in [6.07, 6.45) is 0. The molecular formula is C12H10BrFN2O2. The second-order valence-corrected chi connectivity index (χ2v) is 4.43. The molecule has 1 heterocycles. The summed E-state index contributed by atoms with van der Waals surface area (Å²) in [5.41, 5.74) is 1.30.